The maximum absolute atomic E-state index is 12.1. The molecule has 1 unspecified atom stereocenters. The Kier molecular flexibility index (Phi) is 4.95. The topological polar surface area (TPSA) is 68.2 Å². The third-order valence-electron chi connectivity index (χ3n) is 3.15. The number of methoxy groups -OCH3 is 1. The zero-order valence-corrected chi connectivity index (χ0v) is 12.7. The highest BCUT2D eigenvalue weighted by Crippen LogP contribution is 2.21. The van der Waals surface area contributed by atoms with Crippen molar-refractivity contribution >= 4 is 27.7 Å². The number of carbonyl (C=O) groups excluding carboxylic acids is 1. The largest absolute Gasteiger partial charge is 0.383 e. The molecule has 0 aliphatic carbocycles. The molecule has 1 aliphatic heterocycles. The van der Waals surface area contributed by atoms with E-state index < -0.39 is 0 Å². The molecule has 2 rings (SSSR count). The second kappa shape index (κ2) is 6.49. The molecule has 7 heteroatoms. The van der Waals surface area contributed by atoms with Gasteiger partial charge in [0, 0.05) is 13.3 Å². The molecule has 1 aromatic heterocycles. The number of anilines is 1. The lowest BCUT2D eigenvalue weighted by Gasteiger charge is -2.09. The molecule has 0 bridgehead atoms. The van der Waals surface area contributed by atoms with Crippen LogP contribution in [0.2, 0.25) is 0 Å². The maximum atomic E-state index is 12.1. The molecule has 0 spiro atoms. The first-order valence-electron chi connectivity index (χ1n) is 6.36. The molecule has 106 valence electrons. The average Bonchev–Trinajstić information content (AvgIpc) is 2.94. The van der Waals surface area contributed by atoms with Crippen molar-refractivity contribution in [2.24, 2.45) is 5.92 Å². The van der Waals surface area contributed by atoms with E-state index in [-0.39, 0.29) is 11.9 Å². The lowest BCUT2D eigenvalue weighted by Crippen LogP contribution is -2.35. The number of rotatable bonds is 5. The van der Waals surface area contributed by atoms with Crippen LogP contribution < -0.4 is 10.6 Å². The summed E-state index contributed by atoms with van der Waals surface area (Å²) in [5, 5.41) is 10.4. The minimum atomic E-state index is -0.119. The molecular formula is C12H19BrN4O2. The minimum absolute atomic E-state index is 0.0259. The van der Waals surface area contributed by atoms with E-state index in [1.807, 2.05) is 6.20 Å². The molecule has 1 fully saturated rings. The second-order valence-corrected chi connectivity index (χ2v) is 5.73. The van der Waals surface area contributed by atoms with Gasteiger partial charge in [0.2, 0.25) is 5.91 Å². The van der Waals surface area contributed by atoms with E-state index in [0.717, 1.165) is 17.4 Å². The molecule has 1 saturated heterocycles. The summed E-state index contributed by atoms with van der Waals surface area (Å²) >= 11 is 3.40. The van der Waals surface area contributed by atoms with Gasteiger partial charge in [0.15, 0.2) is 5.82 Å². The summed E-state index contributed by atoms with van der Waals surface area (Å²) in [5.41, 5.74) is 0. The van der Waals surface area contributed by atoms with E-state index in [4.69, 9.17) is 4.74 Å². The Morgan fingerprint density at radius 1 is 1.74 bits per heavy atom. The van der Waals surface area contributed by atoms with Crippen molar-refractivity contribution in [1.82, 2.24) is 15.1 Å². The molecule has 1 aromatic rings. The highest BCUT2D eigenvalue weighted by molar-refractivity contribution is 9.10. The highest BCUT2D eigenvalue weighted by atomic mass is 79.9. The van der Waals surface area contributed by atoms with Gasteiger partial charge in [0.25, 0.3) is 0 Å². The Morgan fingerprint density at radius 3 is 3.16 bits per heavy atom. The van der Waals surface area contributed by atoms with Crippen LogP contribution >= 0.6 is 15.9 Å². The summed E-state index contributed by atoms with van der Waals surface area (Å²) < 4.78 is 7.52. The first kappa shape index (κ1) is 14.5. The summed E-state index contributed by atoms with van der Waals surface area (Å²) in [4.78, 5) is 12.1. The predicted molar refractivity (Wildman–Crippen MR) is 76.0 cm³/mol. The first-order chi connectivity index (χ1) is 9.10. The van der Waals surface area contributed by atoms with Gasteiger partial charge in [-0.05, 0) is 34.8 Å². The molecule has 2 atom stereocenters. The number of hydrogen-bond donors (Lipinski definition) is 2. The normalized spacial score (nSPS) is 22.7. The van der Waals surface area contributed by atoms with Crippen LogP contribution in [-0.4, -0.2) is 42.0 Å². The van der Waals surface area contributed by atoms with E-state index in [0.29, 0.717) is 24.9 Å². The summed E-state index contributed by atoms with van der Waals surface area (Å²) in [6.45, 7) is 4.27. The number of ether oxygens (including phenoxy) is 1. The molecule has 0 radical (unpaired) electrons. The Morgan fingerprint density at radius 2 is 2.53 bits per heavy atom. The van der Waals surface area contributed by atoms with Gasteiger partial charge >= 0.3 is 0 Å². The molecule has 1 amide bonds. The van der Waals surface area contributed by atoms with E-state index >= 15 is 0 Å². The fraction of sp³-hybridized carbons (Fsp3) is 0.667. The van der Waals surface area contributed by atoms with Crippen molar-refractivity contribution in [2.75, 3.05) is 25.6 Å². The summed E-state index contributed by atoms with van der Waals surface area (Å²) in [6, 6.07) is -0.119. The van der Waals surface area contributed by atoms with Gasteiger partial charge in [0.05, 0.1) is 23.7 Å². The Labute approximate surface area is 121 Å². The smallest absolute Gasteiger partial charge is 0.242 e. The predicted octanol–water partition coefficient (Wildman–Crippen LogP) is 1.23. The standard InChI is InChI=1S/C12H19BrN4O2/c1-8-5-10(14-6-8)12(18)15-11-9(13)7-17(16-11)3-4-19-2/h7-8,10,14H,3-6H2,1-2H3,(H,15,16,18)/t8?,10-/m0/s1. The van der Waals surface area contributed by atoms with Gasteiger partial charge in [-0.25, -0.2) is 0 Å². The highest BCUT2D eigenvalue weighted by Gasteiger charge is 2.27. The molecule has 2 N–H and O–H groups in total. The van der Waals surface area contributed by atoms with Crippen LogP contribution in [0.25, 0.3) is 0 Å². The number of aromatic nitrogens is 2. The Hall–Kier alpha value is -0.920. The summed E-state index contributed by atoms with van der Waals surface area (Å²) in [6.07, 6.45) is 2.70. The zero-order valence-electron chi connectivity index (χ0n) is 11.1. The van der Waals surface area contributed by atoms with Crippen LogP contribution in [0.1, 0.15) is 13.3 Å². The van der Waals surface area contributed by atoms with Gasteiger partial charge < -0.3 is 15.4 Å². The van der Waals surface area contributed by atoms with Crippen LogP contribution in [0.3, 0.4) is 0 Å². The number of amides is 1. The van der Waals surface area contributed by atoms with Crippen LogP contribution in [-0.2, 0) is 16.1 Å². The summed E-state index contributed by atoms with van der Waals surface area (Å²) in [5.74, 6) is 1.07. The van der Waals surface area contributed by atoms with Gasteiger partial charge in [-0.15, -0.1) is 0 Å². The number of nitrogens with one attached hydrogen (secondary N) is 2. The van der Waals surface area contributed by atoms with Crippen LogP contribution in [0.5, 0.6) is 0 Å². The van der Waals surface area contributed by atoms with Crippen molar-refractivity contribution in [3.05, 3.63) is 10.7 Å². The molecule has 6 nitrogen and oxygen atoms in total. The molecular weight excluding hydrogens is 312 g/mol. The van der Waals surface area contributed by atoms with Gasteiger partial charge in [-0.2, -0.15) is 5.10 Å². The SMILES string of the molecule is COCCn1cc(Br)c(NC(=O)[C@@H]2CC(C)CN2)n1. The summed E-state index contributed by atoms with van der Waals surface area (Å²) in [7, 11) is 1.65. The molecule has 0 saturated carbocycles. The van der Waals surface area contributed by atoms with E-state index in [9.17, 15) is 4.79 Å². The third kappa shape index (κ3) is 3.77. The lowest BCUT2D eigenvalue weighted by molar-refractivity contribution is -0.117. The zero-order chi connectivity index (χ0) is 13.8. The van der Waals surface area contributed by atoms with Crippen molar-refractivity contribution in [3.63, 3.8) is 0 Å². The Bertz CT molecular complexity index is 449. The average molecular weight is 331 g/mol. The molecule has 2 heterocycles. The lowest BCUT2D eigenvalue weighted by atomic mass is 10.1. The minimum Gasteiger partial charge on any atom is -0.383 e. The van der Waals surface area contributed by atoms with Crippen molar-refractivity contribution in [3.8, 4) is 0 Å². The fourth-order valence-corrected chi connectivity index (χ4v) is 2.51. The number of carbonyl (C=O) groups is 1. The number of hydrogen-bond acceptors (Lipinski definition) is 4. The van der Waals surface area contributed by atoms with Crippen molar-refractivity contribution in [1.29, 1.82) is 0 Å². The third-order valence-corrected chi connectivity index (χ3v) is 3.73. The van der Waals surface area contributed by atoms with Gasteiger partial charge in [-0.3, -0.25) is 9.48 Å². The first-order valence-corrected chi connectivity index (χ1v) is 7.15. The molecule has 19 heavy (non-hydrogen) atoms. The molecule has 0 aromatic carbocycles. The van der Waals surface area contributed by atoms with Crippen molar-refractivity contribution in [2.45, 2.75) is 25.9 Å². The van der Waals surface area contributed by atoms with E-state index in [1.54, 1.807) is 11.8 Å². The van der Waals surface area contributed by atoms with Crippen LogP contribution in [0, 0.1) is 5.92 Å². The van der Waals surface area contributed by atoms with E-state index in [2.05, 4.69) is 38.6 Å². The van der Waals surface area contributed by atoms with Gasteiger partial charge in [-0.1, -0.05) is 6.92 Å². The van der Waals surface area contributed by atoms with Gasteiger partial charge in [0.1, 0.15) is 0 Å². The Balaban J connectivity index is 1.94. The van der Waals surface area contributed by atoms with Crippen molar-refractivity contribution < 1.29 is 9.53 Å². The quantitative estimate of drug-likeness (QED) is 0.852. The fourth-order valence-electron chi connectivity index (χ4n) is 2.10. The maximum Gasteiger partial charge on any atom is 0.242 e. The van der Waals surface area contributed by atoms with Crippen LogP contribution in [0.4, 0.5) is 5.82 Å². The van der Waals surface area contributed by atoms with E-state index in [1.165, 1.54) is 0 Å². The number of halogens is 1. The second-order valence-electron chi connectivity index (χ2n) is 4.87. The van der Waals surface area contributed by atoms with Crippen LogP contribution in [0.15, 0.2) is 10.7 Å². The monoisotopic (exact) mass is 330 g/mol. The molecule has 1 aliphatic rings. The number of nitrogens with zero attached hydrogens (tertiary/aromatic N) is 2.